The maximum absolute atomic E-state index is 13.2. The maximum atomic E-state index is 13.2. The van der Waals surface area contributed by atoms with E-state index in [-0.39, 0.29) is 18.3 Å². The van der Waals surface area contributed by atoms with E-state index in [1.54, 1.807) is 30.5 Å². The first-order chi connectivity index (χ1) is 16.0. The fraction of sp³-hybridized carbons (Fsp3) is 0.174. The summed E-state index contributed by atoms with van der Waals surface area (Å²) in [6.45, 7) is 0.0740. The second-order valence-corrected chi connectivity index (χ2v) is 7.29. The summed E-state index contributed by atoms with van der Waals surface area (Å²) in [5.74, 6) is 0.577. The summed E-state index contributed by atoms with van der Waals surface area (Å²) < 4.78 is 15.0. The van der Waals surface area contributed by atoms with Crippen molar-refractivity contribution in [3.63, 3.8) is 0 Å². The molecule has 4 aromatic rings. The number of halogens is 1. The maximum Gasteiger partial charge on any atom is 0.251 e. The lowest BCUT2D eigenvalue weighted by molar-refractivity contribution is 0.0916. The second-order valence-electron chi connectivity index (χ2n) is 7.29. The zero-order valence-corrected chi connectivity index (χ0v) is 17.8. The van der Waals surface area contributed by atoms with Crippen LogP contribution in [0.1, 0.15) is 27.8 Å². The predicted octanol–water partition coefficient (Wildman–Crippen LogP) is 2.49. The van der Waals surface area contributed by atoms with Crippen molar-refractivity contribution in [2.45, 2.75) is 12.6 Å². The molecule has 0 aliphatic rings. The minimum atomic E-state index is -0.645. The van der Waals surface area contributed by atoms with Gasteiger partial charge in [-0.05, 0) is 42.0 Å². The van der Waals surface area contributed by atoms with Gasteiger partial charge < -0.3 is 20.3 Å². The van der Waals surface area contributed by atoms with Crippen molar-refractivity contribution in [1.82, 2.24) is 30.0 Å². The van der Waals surface area contributed by atoms with Gasteiger partial charge in [0.25, 0.3) is 5.91 Å². The molecule has 9 nitrogen and oxygen atoms in total. The minimum absolute atomic E-state index is 0.309. The van der Waals surface area contributed by atoms with Gasteiger partial charge in [-0.3, -0.25) is 4.79 Å². The van der Waals surface area contributed by atoms with Gasteiger partial charge in [-0.15, -0.1) is 10.2 Å². The highest BCUT2D eigenvalue weighted by molar-refractivity contribution is 5.95. The van der Waals surface area contributed by atoms with Crippen LogP contribution in [0.4, 0.5) is 10.1 Å². The molecule has 1 amide bonds. The number of rotatable bonds is 8. The SMILES string of the molecule is Cn1c(CNc2cccc(C(=O)NC(CO)c3ccc(F)cc3)c2)nnc1-c1ccncn1. The van der Waals surface area contributed by atoms with E-state index < -0.39 is 6.04 Å². The molecule has 0 fully saturated rings. The normalized spacial score (nSPS) is 11.7. The Bertz CT molecular complexity index is 1230. The van der Waals surface area contributed by atoms with Crippen LogP contribution >= 0.6 is 0 Å². The van der Waals surface area contributed by atoms with Crippen LogP contribution in [0.25, 0.3) is 11.5 Å². The number of nitrogens with one attached hydrogen (secondary N) is 2. The highest BCUT2D eigenvalue weighted by Crippen LogP contribution is 2.17. The molecular formula is C23H22FN7O2. The monoisotopic (exact) mass is 447 g/mol. The van der Waals surface area contributed by atoms with Crippen molar-refractivity contribution in [1.29, 1.82) is 0 Å². The van der Waals surface area contributed by atoms with Crippen LogP contribution in [0.2, 0.25) is 0 Å². The fourth-order valence-corrected chi connectivity index (χ4v) is 3.28. The van der Waals surface area contributed by atoms with Gasteiger partial charge in [0.2, 0.25) is 0 Å². The number of hydrogen-bond acceptors (Lipinski definition) is 7. The van der Waals surface area contributed by atoms with E-state index >= 15 is 0 Å². The van der Waals surface area contributed by atoms with Crippen LogP contribution < -0.4 is 10.6 Å². The molecule has 4 rings (SSSR count). The Kier molecular flexibility index (Phi) is 6.65. The average molecular weight is 447 g/mol. The molecule has 33 heavy (non-hydrogen) atoms. The molecule has 168 valence electrons. The minimum Gasteiger partial charge on any atom is -0.394 e. The Morgan fingerprint density at radius 2 is 1.97 bits per heavy atom. The van der Waals surface area contributed by atoms with E-state index in [2.05, 4.69) is 30.8 Å². The first-order valence-corrected chi connectivity index (χ1v) is 10.2. The summed E-state index contributed by atoms with van der Waals surface area (Å²) in [7, 11) is 1.85. The lowest BCUT2D eigenvalue weighted by Gasteiger charge is -2.17. The number of nitrogens with zero attached hydrogens (tertiary/aromatic N) is 5. The standard InChI is InChI=1S/C23H22FN7O2/c1-31-21(29-30-22(31)19-9-10-25-14-27-19)12-26-18-4-2-3-16(11-18)23(33)28-20(13-32)15-5-7-17(24)8-6-15/h2-11,14,20,26,32H,12-13H2,1H3,(H,28,33). The zero-order valence-electron chi connectivity index (χ0n) is 17.8. The third kappa shape index (κ3) is 5.18. The highest BCUT2D eigenvalue weighted by Gasteiger charge is 2.16. The number of aliphatic hydroxyl groups is 1. The lowest BCUT2D eigenvalue weighted by atomic mass is 10.1. The van der Waals surface area contributed by atoms with E-state index in [0.29, 0.717) is 35.0 Å². The van der Waals surface area contributed by atoms with Crippen molar-refractivity contribution >= 4 is 11.6 Å². The van der Waals surface area contributed by atoms with Gasteiger partial charge in [0.15, 0.2) is 11.6 Å². The van der Waals surface area contributed by atoms with Gasteiger partial charge in [-0.2, -0.15) is 0 Å². The molecule has 3 N–H and O–H groups in total. The van der Waals surface area contributed by atoms with Crippen molar-refractivity contribution in [2.75, 3.05) is 11.9 Å². The van der Waals surface area contributed by atoms with Crippen molar-refractivity contribution in [3.8, 4) is 11.5 Å². The van der Waals surface area contributed by atoms with E-state index in [1.807, 2.05) is 17.7 Å². The van der Waals surface area contributed by atoms with Crippen LogP contribution in [0.5, 0.6) is 0 Å². The van der Waals surface area contributed by atoms with Crippen LogP contribution in [0.3, 0.4) is 0 Å². The molecule has 0 aliphatic heterocycles. The number of anilines is 1. The van der Waals surface area contributed by atoms with E-state index in [4.69, 9.17) is 0 Å². The number of amides is 1. The molecule has 0 saturated heterocycles. The van der Waals surface area contributed by atoms with Gasteiger partial charge in [0.1, 0.15) is 17.8 Å². The van der Waals surface area contributed by atoms with Crippen LogP contribution in [0.15, 0.2) is 67.1 Å². The van der Waals surface area contributed by atoms with Crippen molar-refractivity contribution in [3.05, 3.63) is 89.9 Å². The van der Waals surface area contributed by atoms with Gasteiger partial charge in [0, 0.05) is 24.5 Å². The smallest absolute Gasteiger partial charge is 0.251 e. The van der Waals surface area contributed by atoms with Crippen LogP contribution in [-0.4, -0.2) is 42.4 Å². The Balaban J connectivity index is 1.42. The topological polar surface area (TPSA) is 118 Å². The number of carbonyl (C=O) groups is 1. The van der Waals surface area contributed by atoms with E-state index in [9.17, 15) is 14.3 Å². The van der Waals surface area contributed by atoms with Gasteiger partial charge >= 0.3 is 0 Å². The number of carbonyl (C=O) groups excluding carboxylic acids is 1. The second kappa shape index (κ2) is 9.96. The molecule has 2 heterocycles. The Hall–Kier alpha value is -4.18. The summed E-state index contributed by atoms with van der Waals surface area (Å²) in [5.41, 5.74) is 2.42. The molecule has 10 heteroatoms. The molecule has 0 radical (unpaired) electrons. The first-order valence-electron chi connectivity index (χ1n) is 10.2. The van der Waals surface area contributed by atoms with Crippen LogP contribution in [0, 0.1) is 5.82 Å². The third-order valence-corrected chi connectivity index (χ3v) is 5.11. The first kappa shape index (κ1) is 22.0. The summed E-state index contributed by atoms with van der Waals surface area (Å²) in [5, 5.41) is 24.1. The Morgan fingerprint density at radius 3 is 2.70 bits per heavy atom. The summed E-state index contributed by atoms with van der Waals surface area (Å²) >= 11 is 0. The number of aliphatic hydroxyl groups excluding tert-OH is 1. The van der Waals surface area contributed by atoms with E-state index in [0.717, 1.165) is 5.69 Å². The van der Waals surface area contributed by atoms with Crippen molar-refractivity contribution < 1.29 is 14.3 Å². The summed E-state index contributed by atoms with van der Waals surface area (Å²) in [6.07, 6.45) is 3.10. The molecule has 0 bridgehead atoms. The summed E-state index contributed by atoms with van der Waals surface area (Å²) in [4.78, 5) is 20.8. The quantitative estimate of drug-likeness (QED) is 0.380. The molecule has 1 unspecified atom stereocenters. The van der Waals surface area contributed by atoms with Gasteiger partial charge in [-0.1, -0.05) is 18.2 Å². The highest BCUT2D eigenvalue weighted by atomic mass is 19.1. The lowest BCUT2D eigenvalue weighted by Crippen LogP contribution is -2.30. The molecule has 0 aliphatic carbocycles. The zero-order chi connectivity index (χ0) is 23.2. The molecule has 0 saturated carbocycles. The number of hydrogen-bond donors (Lipinski definition) is 3. The molecule has 2 aromatic carbocycles. The van der Waals surface area contributed by atoms with E-state index in [1.165, 1.54) is 30.6 Å². The average Bonchev–Trinajstić information content (AvgIpc) is 3.22. The van der Waals surface area contributed by atoms with Crippen LogP contribution in [-0.2, 0) is 13.6 Å². The van der Waals surface area contributed by atoms with Gasteiger partial charge in [0.05, 0.1) is 19.2 Å². The fourth-order valence-electron chi connectivity index (χ4n) is 3.28. The Labute approximate surface area is 189 Å². The third-order valence-electron chi connectivity index (χ3n) is 5.11. The largest absolute Gasteiger partial charge is 0.394 e. The molecule has 2 aromatic heterocycles. The van der Waals surface area contributed by atoms with Crippen molar-refractivity contribution in [2.24, 2.45) is 7.05 Å². The number of benzene rings is 2. The Morgan fingerprint density at radius 1 is 1.15 bits per heavy atom. The molecular weight excluding hydrogens is 425 g/mol. The summed E-state index contributed by atoms with van der Waals surface area (Å²) in [6, 6.07) is 13.7. The molecule has 0 spiro atoms. The van der Waals surface area contributed by atoms with Gasteiger partial charge in [-0.25, -0.2) is 14.4 Å². The predicted molar refractivity (Wildman–Crippen MR) is 119 cm³/mol. The number of aromatic nitrogens is 5. The molecule has 1 atom stereocenters.